The van der Waals surface area contributed by atoms with E-state index in [-0.39, 0.29) is 11.9 Å². The van der Waals surface area contributed by atoms with E-state index in [1.807, 2.05) is 6.92 Å². The van der Waals surface area contributed by atoms with Crippen LogP contribution in [0, 0.1) is 0 Å². The molecule has 1 N–H and O–H groups in total. The molecule has 5 heteroatoms. The van der Waals surface area contributed by atoms with Crippen LogP contribution in [0.15, 0.2) is 18.2 Å². The summed E-state index contributed by atoms with van der Waals surface area (Å²) in [6, 6.07) is 5.05. The van der Waals surface area contributed by atoms with Crippen LogP contribution >= 0.6 is 11.6 Å². The molecule has 1 aliphatic heterocycles. The minimum absolute atomic E-state index is 0.0255. The van der Waals surface area contributed by atoms with Gasteiger partial charge in [0, 0.05) is 5.02 Å². The first-order valence-corrected chi connectivity index (χ1v) is 6.88. The molecular formula is C14H19ClN2O2. The third-order valence-electron chi connectivity index (χ3n) is 3.49. The van der Waals surface area contributed by atoms with E-state index < -0.39 is 0 Å². The minimum atomic E-state index is -0.133. The van der Waals surface area contributed by atoms with Gasteiger partial charge in [-0.15, -0.1) is 0 Å². The number of amides is 1. The quantitative estimate of drug-likeness (QED) is 0.923. The second kappa shape index (κ2) is 6.26. The molecule has 0 unspecified atom stereocenters. The van der Waals surface area contributed by atoms with E-state index in [0.717, 1.165) is 25.9 Å². The Balaban J connectivity index is 2.07. The lowest BCUT2D eigenvalue weighted by Gasteiger charge is -2.23. The molecule has 1 aromatic carbocycles. The fourth-order valence-corrected chi connectivity index (χ4v) is 2.48. The average molecular weight is 283 g/mol. The molecule has 0 aromatic heterocycles. The molecule has 1 saturated heterocycles. The third-order valence-corrected chi connectivity index (χ3v) is 3.72. The molecule has 1 aromatic rings. The van der Waals surface area contributed by atoms with Crippen molar-refractivity contribution in [3.63, 3.8) is 0 Å². The van der Waals surface area contributed by atoms with Crippen LogP contribution in [0.5, 0.6) is 5.75 Å². The van der Waals surface area contributed by atoms with Crippen LogP contribution < -0.4 is 10.1 Å². The fourth-order valence-electron chi connectivity index (χ4n) is 2.31. The summed E-state index contributed by atoms with van der Waals surface area (Å²) in [6.45, 7) is 3.90. The highest BCUT2D eigenvalue weighted by atomic mass is 35.5. The SMILES string of the molecule is COc1ccc(Cl)cc1NC(=O)[C@@H](C)N1CCCC1. The maximum atomic E-state index is 12.2. The van der Waals surface area contributed by atoms with Gasteiger partial charge in [-0.3, -0.25) is 9.69 Å². The lowest BCUT2D eigenvalue weighted by atomic mass is 10.2. The molecule has 2 rings (SSSR count). The van der Waals surface area contributed by atoms with Crippen molar-refractivity contribution < 1.29 is 9.53 Å². The van der Waals surface area contributed by atoms with Crippen molar-refractivity contribution in [2.24, 2.45) is 0 Å². The number of carbonyl (C=O) groups is 1. The molecule has 1 heterocycles. The zero-order chi connectivity index (χ0) is 13.8. The van der Waals surface area contributed by atoms with Gasteiger partial charge in [0.1, 0.15) is 5.75 Å². The number of nitrogens with zero attached hydrogens (tertiary/aromatic N) is 1. The van der Waals surface area contributed by atoms with E-state index in [1.54, 1.807) is 25.3 Å². The predicted octanol–water partition coefficient (Wildman–Crippen LogP) is 2.77. The first kappa shape index (κ1) is 14.2. The smallest absolute Gasteiger partial charge is 0.241 e. The van der Waals surface area contributed by atoms with Crippen molar-refractivity contribution in [1.29, 1.82) is 0 Å². The van der Waals surface area contributed by atoms with Crippen LogP contribution in [0.3, 0.4) is 0 Å². The Hall–Kier alpha value is -1.26. The third kappa shape index (κ3) is 3.39. The molecule has 0 radical (unpaired) electrons. The van der Waals surface area contributed by atoms with Crippen molar-refractivity contribution in [3.05, 3.63) is 23.2 Å². The molecule has 1 atom stereocenters. The van der Waals surface area contributed by atoms with Crippen molar-refractivity contribution in [3.8, 4) is 5.75 Å². The van der Waals surface area contributed by atoms with Crippen molar-refractivity contribution in [1.82, 2.24) is 4.90 Å². The predicted molar refractivity (Wildman–Crippen MR) is 76.9 cm³/mol. The van der Waals surface area contributed by atoms with Gasteiger partial charge in [-0.2, -0.15) is 0 Å². The van der Waals surface area contributed by atoms with Gasteiger partial charge in [0.15, 0.2) is 0 Å². The molecule has 0 spiro atoms. The Morgan fingerprint density at radius 1 is 1.42 bits per heavy atom. The largest absolute Gasteiger partial charge is 0.495 e. The molecule has 4 nitrogen and oxygen atoms in total. The number of ether oxygens (including phenoxy) is 1. The average Bonchev–Trinajstić information content (AvgIpc) is 2.92. The Morgan fingerprint density at radius 2 is 2.11 bits per heavy atom. The molecule has 0 aliphatic carbocycles. The summed E-state index contributed by atoms with van der Waals surface area (Å²) in [5.74, 6) is 0.592. The molecule has 1 aliphatic rings. The van der Waals surface area contributed by atoms with Crippen LogP contribution in [-0.2, 0) is 4.79 Å². The molecular weight excluding hydrogens is 264 g/mol. The highest BCUT2D eigenvalue weighted by Crippen LogP contribution is 2.28. The molecule has 1 amide bonds. The first-order valence-electron chi connectivity index (χ1n) is 6.50. The second-order valence-electron chi connectivity index (χ2n) is 4.75. The van der Waals surface area contributed by atoms with E-state index in [0.29, 0.717) is 16.5 Å². The van der Waals surface area contributed by atoms with Crippen LogP contribution in [0.1, 0.15) is 19.8 Å². The zero-order valence-electron chi connectivity index (χ0n) is 11.3. The lowest BCUT2D eigenvalue weighted by Crippen LogP contribution is -2.40. The number of nitrogens with one attached hydrogen (secondary N) is 1. The highest BCUT2D eigenvalue weighted by molar-refractivity contribution is 6.31. The number of anilines is 1. The maximum absolute atomic E-state index is 12.2. The van der Waals surface area contributed by atoms with Crippen LogP contribution in [0.2, 0.25) is 5.02 Å². The van der Waals surface area contributed by atoms with E-state index in [2.05, 4.69) is 10.2 Å². The summed E-state index contributed by atoms with van der Waals surface area (Å²) < 4.78 is 5.22. The number of methoxy groups -OCH3 is 1. The van der Waals surface area contributed by atoms with Crippen molar-refractivity contribution in [2.75, 3.05) is 25.5 Å². The zero-order valence-corrected chi connectivity index (χ0v) is 12.0. The summed E-state index contributed by atoms with van der Waals surface area (Å²) in [6.07, 6.45) is 2.33. The van der Waals surface area contributed by atoms with Gasteiger partial charge >= 0.3 is 0 Å². The first-order chi connectivity index (χ1) is 9.11. The van der Waals surface area contributed by atoms with Crippen LogP contribution in [0.25, 0.3) is 0 Å². The van der Waals surface area contributed by atoms with Gasteiger partial charge in [-0.25, -0.2) is 0 Å². The van der Waals surface area contributed by atoms with Crippen molar-refractivity contribution >= 4 is 23.2 Å². The number of likely N-dealkylation sites (tertiary alicyclic amines) is 1. The van der Waals surface area contributed by atoms with E-state index >= 15 is 0 Å². The highest BCUT2D eigenvalue weighted by Gasteiger charge is 2.24. The van der Waals surface area contributed by atoms with E-state index in [9.17, 15) is 4.79 Å². The Labute approximate surface area is 118 Å². The Bertz CT molecular complexity index is 459. The number of hydrogen-bond donors (Lipinski definition) is 1. The molecule has 104 valence electrons. The molecule has 0 saturated carbocycles. The topological polar surface area (TPSA) is 41.6 Å². The van der Waals surface area contributed by atoms with Crippen LogP contribution in [0.4, 0.5) is 5.69 Å². The van der Waals surface area contributed by atoms with Crippen LogP contribution in [-0.4, -0.2) is 37.0 Å². The minimum Gasteiger partial charge on any atom is -0.495 e. The standard InChI is InChI=1S/C14H19ClN2O2/c1-10(17-7-3-4-8-17)14(18)16-12-9-11(15)5-6-13(12)19-2/h5-6,9-10H,3-4,7-8H2,1-2H3,(H,16,18)/t10-/m1/s1. The number of rotatable bonds is 4. The molecule has 19 heavy (non-hydrogen) atoms. The normalized spacial score (nSPS) is 17.2. The van der Waals surface area contributed by atoms with Gasteiger partial charge in [0.05, 0.1) is 18.8 Å². The summed E-state index contributed by atoms with van der Waals surface area (Å²) in [7, 11) is 1.57. The summed E-state index contributed by atoms with van der Waals surface area (Å²) in [4.78, 5) is 14.4. The van der Waals surface area contributed by atoms with Gasteiger partial charge < -0.3 is 10.1 Å². The van der Waals surface area contributed by atoms with Gasteiger partial charge in [0.25, 0.3) is 0 Å². The number of hydrogen-bond acceptors (Lipinski definition) is 3. The monoisotopic (exact) mass is 282 g/mol. The summed E-state index contributed by atoms with van der Waals surface area (Å²) >= 11 is 5.95. The Kier molecular flexibility index (Phi) is 4.66. The number of benzene rings is 1. The Morgan fingerprint density at radius 3 is 2.74 bits per heavy atom. The fraction of sp³-hybridized carbons (Fsp3) is 0.500. The van der Waals surface area contributed by atoms with Gasteiger partial charge in [0.2, 0.25) is 5.91 Å². The van der Waals surface area contributed by atoms with Gasteiger partial charge in [-0.1, -0.05) is 11.6 Å². The summed E-state index contributed by atoms with van der Waals surface area (Å²) in [5.41, 5.74) is 0.617. The second-order valence-corrected chi connectivity index (χ2v) is 5.19. The summed E-state index contributed by atoms with van der Waals surface area (Å²) in [5, 5.41) is 3.46. The lowest BCUT2D eigenvalue weighted by molar-refractivity contribution is -0.120. The maximum Gasteiger partial charge on any atom is 0.241 e. The van der Waals surface area contributed by atoms with Crippen molar-refractivity contribution in [2.45, 2.75) is 25.8 Å². The number of halogens is 1. The molecule has 0 bridgehead atoms. The van der Waals surface area contributed by atoms with Gasteiger partial charge in [-0.05, 0) is 51.1 Å². The van der Waals surface area contributed by atoms with E-state index in [4.69, 9.17) is 16.3 Å². The number of carbonyl (C=O) groups excluding carboxylic acids is 1. The van der Waals surface area contributed by atoms with E-state index in [1.165, 1.54) is 0 Å². The molecule has 1 fully saturated rings.